The molecule has 8 heteroatoms. The number of carbonyl (C=O) groups is 3. The molecule has 0 aromatic heterocycles. The molecule has 7 nitrogen and oxygen atoms in total. The Morgan fingerprint density at radius 3 is 2.88 bits per heavy atom. The Morgan fingerprint density at radius 1 is 1.42 bits per heavy atom. The van der Waals surface area contributed by atoms with E-state index in [2.05, 4.69) is 15.6 Å². The summed E-state index contributed by atoms with van der Waals surface area (Å²) in [6.07, 6.45) is 0.731. The third-order valence-electron chi connectivity index (χ3n) is 4.59. The highest BCUT2D eigenvalue weighted by Gasteiger charge is 2.49. The SMILES string of the molecule is C[C@]1(C2C(=O)NC(=O)N=C2C(=O)O)CNCCc2ccc(Cl)cc21. The smallest absolute Gasteiger partial charge is 0.351 e. The van der Waals surface area contributed by atoms with Crippen LogP contribution in [0.1, 0.15) is 18.1 Å². The summed E-state index contributed by atoms with van der Waals surface area (Å²) in [5.41, 5.74) is 0.435. The van der Waals surface area contributed by atoms with Crippen LogP contribution in [0.2, 0.25) is 5.02 Å². The molecule has 3 N–H and O–H groups in total. The van der Waals surface area contributed by atoms with E-state index in [1.807, 2.05) is 6.07 Å². The number of aliphatic carboxylic acids is 1. The number of benzene rings is 1. The minimum Gasteiger partial charge on any atom is -0.477 e. The third-order valence-corrected chi connectivity index (χ3v) is 4.83. The molecule has 1 unspecified atom stereocenters. The van der Waals surface area contributed by atoms with E-state index in [0.717, 1.165) is 17.5 Å². The molecule has 0 bridgehead atoms. The van der Waals surface area contributed by atoms with E-state index in [0.29, 0.717) is 18.1 Å². The van der Waals surface area contributed by atoms with E-state index in [1.54, 1.807) is 19.1 Å². The number of fused-ring (bicyclic) bond motifs is 1. The summed E-state index contributed by atoms with van der Waals surface area (Å²) in [5, 5.41) is 15.3. The molecule has 0 saturated carbocycles. The van der Waals surface area contributed by atoms with E-state index in [1.165, 1.54) is 0 Å². The molecule has 24 heavy (non-hydrogen) atoms. The quantitative estimate of drug-likeness (QED) is 0.742. The molecular formula is C16H16ClN3O4. The number of aliphatic imine (C=N–C) groups is 1. The fourth-order valence-corrected chi connectivity index (χ4v) is 3.66. The Hall–Kier alpha value is -2.25. The largest absolute Gasteiger partial charge is 0.477 e. The first-order chi connectivity index (χ1) is 11.3. The summed E-state index contributed by atoms with van der Waals surface area (Å²) < 4.78 is 0. The minimum atomic E-state index is -1.38. The van der Waals surface area contributed by atoms with Gasteiger partial charge >= 0.3 is 12.0 Å². The first-order valence-electron chi connectivity index (χ1n) is 7.49. The van der Waals surface area contributed by atoms with E-state index >= 15 is 0 Å². The minimum absolute atomic E-state index is 0.360. The Kier molecular flexibility index (Phi) is 4.15. The molecule has 2 aliphatic rings. The summed E-state index contributed by atoms with van der Waals surface area (Å²) in [5.74, 6) is -3.14. The molecule has 1 aromatic carbocycles. The molecule has 3 amide bonds. The van der Waals surface area contributed by atoms with Crippen molar-refractivity contribution in [2.45, 2.75) is 18.8 Å². The van der Waals surface area contributed by atoms with Crippen molar-refractivity contribution in [3.05, 3.63) is 34.3 Å². The first kappa shape index (κ1) is 16.6. The molecule has 0 spiro atoms. The van der Waals surface area contributed by atoms with E-state index in [4.69, 9.17) is 11.6 Å². The molecule has 2 heterocycles. The van der Waals surface area contributed by atoms with Gasteiger partial charge in [-0.15, -0.1) is 0 Å². The number of rotatable bonds is 2. The number of nitrogens with zero attached hydrogens (tertiary/aromatic N) is 1. The van der Waals surface area contributed by atoms with Crippen molar-refractivity contribution in [2.24, 2.45) is 10.9 Å². The van der Waals surface area contributed by atoms with Gasteiger partial charge in [-0.1, -0.05) is 24.6 Å². The van der Waals surface area contributed by atoms with E-state index in [-0.39, 0.29) is 0 Å². The predicted octanol–water partition coefficient (Wildman–Crippen LogP) is 1.14. The molecule has 126 valence electrons. The van der Waals surface area contributed by atoms with Crippen LogP contribution < -0.4 is 10.6 Å². The fraction of sp³-hybridized carbons (Fsp3) is 0.375. The Labute approximate surface area is 143 Å². The number of carboxylic acids is 1. The average Bonchev–Trinajstić information content (AvgIpc) is 2.66. The maximum Gasteiger partial charge on any atom is 0.351 e. The maximum atomic E-state index is 12.5. The second kappa shape index (κ2) is 5.99. The van der Waals surface area contributed by atoms with Gasteiger partial charge in [0.1, 0.15) is 5.71 Å². The van der Waals surface area contributed by atoms with Crippen LogP contribution in [-0.2, 0) is 21.4 Å². The highest BCUT2D eigenvalue weighted by Crippen LogP contribution is 2.39. The second-order valence-corrected chi connectivity index (χ2v) is 6.61. The van der Waals surface area contributed by atoms with Crippen LogP contribution in [0, 0.1) is 5.92 Å². The van der Waals surface area contributed by atoms with Crippen molar-refractivity contribution < 1.29 is 19.5 Å². The molecule has 3 rings (SSSR count). The van der Waals surface area contributed by atoms with Gasteiger partial charge in [-0.05, 0) is 36.2 Å². The van der Waals surface area contributed by atoms with Gasteiger partial charge in [-0.2, -0.15) is 4.99 Å². The van der Waals surface area contributed by atoms with Crippen LogP contribution in [0.15, 0.2) is 23.2 Å². The lowest BCUT2D eigenvalue weighted by atomic mass is 9.67. The number of hydrogen-bond acceptors (Lipinski definition) is 4. The molecule has 1 aromatic rings. The lowest BCUT2D eigenvalue weighted by Crippen LogP contribution is -2.56. The van der Waals surface area contributed by atoms with Crippen LogP contribution in [-0.4, -0.2) is 41.8 Å². The highest BCUT2D eigenvalue weighted by molar-refractivity contribution is 6.44. The number of amides is 3. The third kappa shape index (κ3) is 2.70. The normalized spacial score (nSPS) is 26.9. The summed E-state index contributed by atoms with van der Waals surface area (Å²) in [6, 6.07) is 4.45. The number of halogens is 1. The number of imide groups is 1. The van der Waals surface area contributed by atoms with E-state index < -0.39 is 35.0 Å². The zero-order valence-electron chi connectivity index (χ0n) is 12.9. The van der Waals surface area contributed by atoms with Gasteiger partial charge in [0, 0.05) is 17.0 Å². The van der Waals surface area contributed by atoms with Crippen LogP contribution in [0.25, 0.3) is 0 Å². The fourth-order valence-electron chi connectivity index (χ4n) is 3.49. The zero-order valence-corrected chi connectivity index (χ0v) is 13.7. The lowest BCUT2D eigenvalue weighted by Gasteiger charge is -2.38. The number of urea groups is 1. The Bertz CT molecular complexity index is 777. The van der Waals surface area contributed by atoms with Gasteiger partial charge in [-0.3, -0.25) is 10.1 Å². The number of carboxylic acid groups (broad SMARTS) is 1. The van der Waals surface area contributed by atoms with Crippen LogP contribution in [0.4, 0.5) is 4.79 Å². The van der Waals surface area contributed by atoms with Crippen molar-refractivity contribution in [3.63, 3.8) is 0 Å². The second-order valence-electron chi connectivity index (χ2n) is 6.18. The van der Waals surface area contributed by atoms with Crippen LogP contribution in [0.5, 0.6) is 0 Å². The number of nitrogens with one attached hydrogen (secondary N) is 2. The summed E-state index contributed by atoms with van der Waals surface area (Å²) in [7, 11) is 0. The molecule has 0 fully saturated rings. The number of carbonyl (C=O) groups excluding carboxylic acids is 2. The molecule has 0 radical (unpaired) electrons. The molecular weight excluding hydrogens is 334 g/mol. The molecule has 2 aliphatic heterocycles. The Morgan fingerprint density at radius 2 is 2.17 bits per heavy atom. The lowest BCUT2D eigenvalue weighted by molar-refractivity contribution is -0.132. The van der Waals surface area contributed by atoms with Crippen molar-refractivity contribution in [1.29, 1.82) is 0 Å². The van der Waals surface area contributed by atoms with Crippen molar-refractivity contribution in [1.82, 2.24) is 10.6 Å². The molecule has 0 aliphatic carbocycles. The average molecular weight is 350 g/mol. The van der Waals surface area contributed by atoms with Gasteiger partial charge in [0.2, 0.25) is 5.91 Å². The standard InChI is InChI=1S/C16H16ClN3O4/c1-16(11-12(14(22)23)19-15(24)20-13(11)21)7-18-5-4-8-2-3-9(17)6-10(8)16/h2-3,6,11,18H,4-5,7H2,1H3,(H,22,23)(H,20,21,24)/t11?,16-/m0/s1. The number of hydrogen-bond donors (Lipinski definition) is 3. The summed E-state index contributed by atoms with van der Waals surface area (Å²) >= 11 is 6.13. The maximum absolute atomic E-state index is 12.5. The molecule has 0 saturated heterocycles. The molecule has 2 atom stereocenters. The van der Waals surface area contributed by atoms with E-state index in [9.17, 15) is 19.5 Å². The van der Waals surface area contributed by atoms with Crippen molar-refractivity contribution in [2.75, 3.05) is 13.1 Å². The Balaban J connectivity index is 2.21. The van der Waals surface area contributed by atoms with Gasteiger partial charge in [0.15, 0.2) is 0 Å². The zero-order chi connectivity index (χ0) is 17.5. The van der Waals surface area contributed by atoms with Gasteiger partial charge in [-0.25, -0.2) is 9.59 Å². The van der Waals surface area contributed by atoms with Crippen molar-refractivity contribution >= 4 is 35.2 Å². The van der Waals surface area contributed by atoms with Crippen LogP contribution in [0.3, 0.4) is 0 Å². The summed E-state index contributed by atoms with van der Waals surface area (Å²) in [4.78, 5) is 39.1. The topological polar surface area (TPSA) is 108 Å². The highest BCUT2D eigenvalue weighted by atomic mass is 35.5. The van der Waals surface area contributed by atoms with Gasteiger partial charge in [0.05, 0.1) is 5.92 Å². The van der Waals surface area contributed by atoms with Crippen molar-refractivity contribution in [3.8, 4) is 0 Å². The van der Waals surface area contributed by atoms with Crippen LogP contribution >= 0.6 is 11.6 Å². The van der Waals surface area contributed by atoms with Gasteiger partial charge < -0.3 is 10.4 Å². The summed E-state index contributed by atoms with van der Waals surface area (Å²) in [6.45, 7) is 2.84. The first-order valence-corrected chi connectivity index (χ1v) is 7.87. The monoisotopic (exact) mass is 349 g/mol. The van der Waals surface area contributed by atoms with Gasteiger partial charge in [0.25, 0.3) is 0 Å². The predicted molar refractivity (Wildman–Crippen MR) is 87.5 cm³/mol.